The summed E-state index contributed by atoms with van der Waals surface area (Å²) < 4.78 is 0. The van der Waals surface area contributed by atoms with Crippen LogP contribution >= 0.6 is 11.6 Å². The van der Waals surface area contributed by atoms with Gasteiger partial charge in [-0.25, -0.2) is 0 Å². The maximum Gasteiger partial charge on any atom is 0.305 e. The van der Waals surface area contributed by atoms with Gasteiger partial charge in [-0.15, -0.1) is 0 Å². The quantitative estimate of drug-likeness (QED) is 0.772. The summed E-state index contributed by atoms with van der Waals surface area (Å²) in [7, 11) is 0. The molecule has 2 rings (SSSR count). The maximum atomic E-state index is 11.4. The molecule has 0 radical (unpaired) electrons. The number of carbonyl (C=O) groups excluding carboxylic acids is 1. The van der Waals surface area contributed by atoms with Gasteiger partial charge in [0.05, 0.1) is 12.0 Å². The third-order valence-electron chi connectivity index (χ3n) is 3.45. The van der Waals surface area contributed by atoms with Gasteiger partial charge in [-0.2, -0.15) is 0 Å². The molecular weight excluding hydrogens is 268 g/mol. The van der Waals surface area contributed by atoms with Crippen LogP contribution in [-0.2, 0) is 4.79 Å². The van der Waals surface area contributed by atoms with Crippen LogP contribution in [0, 0.1) is 0 Å². The number of anilines is 1. The van der Waals surface area contributed by atoms with Crippen molar-refractivity contribution in [2.24, 2.45) is 5.73 Å². The number of primary amides is 1. The van der Waals surface area contributed by atoms with Crippen molar-refractivity contribution in [2.75, 3.05) is 5.32 Å². The zero-order valence-electron chi connectivity index (χ0n) is 10.3. The van der Waals surface area contributed by atoms with Gasteiger partial charge in [0.25, 0.3) is 5.91 Å². The molecule has 0 bridgehead atoms. The number of carboxylic acid groups (broad SMARTS) is 1. The minimum Gasteiger partial charge on any atom is -0.481 e. The summed E-state index contributed by atoms with van der Waals surface area (Å²) >= 11 is 5.83. The first-order chi connectivity index (χ1) is 8.92. The van der Waals surface area contributed by atoms with Crippen molar-refractivity contribution >= 4 is 29.2 Å². The zero-order valence-corrected chi connectivity index (χ0v) is 11.0. The Kier molecular flexibility index (Phi) is 3.66. The highest BCUT2D eigenvalue weighted by Gasteiger charge is 2.39. The number of carboxylic acids is 1. The van der Waals surface area contributed by atoms with Gasteiger partial charge in [0.2, 0.25) is 0 Å². The van der Waals surface area contributed by atoms with Crippen LogP contribution in [0.15, 0.2) is 18.2 Å². The molecule has 1 aromatic rings. The van der Waals surface area contributed by atoms with E-state index in [1.165, 1.54) is 6.07 Å². The Morgan fingerprint density at radius 2 is 2.11 bits per heavy atom. The predicted octanol–water partition coefficient (Wildman–Crippen LogP) is 2.25. The zero-order chi connectivity index (χ0) is 14.0. The Hall–Kier alpha value is -1.75. The summed E-state index contributed by atoms with van der Waals surface area (Å²) in [5, 5.41) is 12.5. The number of hydrogen-bond acceptors (Lipinski definition) is 3. The minimum absolute atomic E-state index is 0.0217. The van der Waals surface area contributed by atoms with Crippen LogP contribution < -0.4 is 11.1 Å². The van der Waals surface area contributed by atoms with Crippen molar-refractivity contribution in [3.63, 3.8) is 0 Å². The second kappa shape index (κ2) is 5.09. The van der Waals surface area contributed by atoms with Crippen LogP contribution in [0.5, 0.6) is 0 Å². The van der Waals surface area contributed by atoms with E-state index >= 15 is 0 Å². The smallest absolute Gasteiger partial charge is 0.305 e. The lowest BCUT2D eigenvalue weighted by Crippen LogP contribution is -2.47. The average molecular weight is 283 g/mol. The van der Waals surface area contributed by atoms with Gasteiger partial charge < -0.3 is 16.2 Å². The van der Waals surface area contributed by atoms with Crippen LogP contribution in [0.1, 0.15) is 36.0 Å². The molecule has 4 N–H and O–H groups in total. The van der Waals surface area contributed by atoms with E-state index in [0.29, 0.717) is 10.7 Å². The van der Waals surface area contributed by atoms with E-state index in [-0.39, 0.29) is 12.0 Å². The largest absolute Gasteiger partial charge is 0.481 e. The van der Waals surface area contributed by atoms with E-state index < -0.39 is 17.4 Å². The number of nitrogens with one attached hydrogen (secondary N) is 1. The number of carbonyl (C=O) groups is 2. The van der Waals surface area contributed by atoms with Crippen LogP contribution in [0.3, 0.4) is 0 Å². The fraction of sp³-hybridized carbons (Fsp3) is 0.385. The van der Waals surface area contributed by atoms with Gasteiger partial charge >= 0.3 is 5.97 Å². The summed E-state index contributed by atoms with van der Waals surface area (Å²) in [6.07, 6.45) is 2.52. The van der Waals surface area contributed by atoms with Gasteiger partial charge in [-0.1, -0.05) is 11.6 Å². The molecule has 1 fully saturated rings. The first-order valence-electron chi connectivity index (χ1n) is 6.01. The van der Waals surface area contributed by atoms with Gasteiger partial charge in [0.1, 0.15) is 0 Å². The van der Waals surface area contributed by atoms with Crippen LogP contribution in [0.25, 0.3) is 0 Å². The third kappa shape index (κ3) is 2.98. The second-order valence-corrected chi connectivity index (χ2v) is 5.32. The van der Waals surface area contributed by atoms with Crippen molar-refractivity contribution in [3.05, 3.63) is 28.8 Å². The summed E-state index contributed by atoms with van der Waals surface area (Å²) in [4.78, 5) is 22.3. The van der Waals surface area contributed by atoms with Crippen molar-refractivity contribution in [2.45, 2.75) is 31.2 Å². The fourth-order valence-electron chi connectivity index (χ4n) is 2.35. The highest BCUT2D eigenvalue weighted by Crippen LogP contribution is 2.39. The maximum absolute atomic E-state index is 11.4. The molecule has 0 atom stereocenters. The first kappa shape index (κ1) is 13.7. The number of benzene rings is 1. The van der Waals surface area contributed by atoms with E-state index in [9.17, 15) is 9.59 Å². The van der Waals surface area contributed by atoms with Gasteiger partial charge in [0.15, 0.2) is 0 Å². The molecule has 19 heavy (non-hydrogen) atoms. The number of rotatable bonds is 5. The van der Waals surface area contributed by atoms with Crippen LogP contribution in [-0.4, -0.2) is 22.5 Å². The Balaban J connectivity index is 2.27. The van der Waals surface area contributed by atoms with Crippen molar-refractivity contribution in [1.29, 1.82) is 0 Å². The molecule has 1 amide bonds. The summed E-state index contributed by atoms with van der Waals surface area (Å²) in [5.74, 6) is -1.45. The lowest BCUT2D eigenvalue weighted by atomic mass is 9.74. The molecule has 1 saturated carbocycles. The van der Waals surface area contributed by atoms with Gasteiger partial charge in [-0.05, 0) is 37.5 Å². The first-order valence-corrected chi connectivity index (χ1v) is 6.39. The molecule has 0 saturated heterocycles. The lowest BCUT2D eigenvalue weighted by molar-refractivity contribution is -0.138. The Morgan fingerprint density at radius 3 is 2.58 bits per heavy atom. The summed E-state index contributed by atoms with van der Waals surface area (Å²) in [5.41, 5.74) is 5.65. The highest BCUT2D eigenvalue weighted by molar-refractivity contribution is 6.31. The van der Waals surface area contributed by atoms with Crippen LogP contribution in [0.2, 0.25) is 5.02 Å². The topological polar surface area (TPSA) is 92.4 Å². The minimum atomic E-state index is -0.859. The normalized spacial score (nSPS) is 16.5. The Bertz CT molecular complexity index is 527. The number of halogens is 1. The van der Waals surface area contributed by atoms with E-state index in [4.69, 9.17) is 22.4 Å². The van der Waals surface area contributed by atoms with Gasteiger partial charge in [-0.3, -0.25) is 9.59 Å². The molecule has 1 aliphatic rings. The van der Waals surface area contributed by atoms with E-state index in [1.807, 2.05) is 0 Å². The number of hydrogen-bond donors (Lipinski definition) is 3. The highest BCUT2D eigenvalue weighted by atomic mass is 35.5. The SMILES string of the molecule is NC(=O)c1cc(Cl)ccc1NC1(CC(=O)O)CCC1. The molecule has 5 nitrogen and oxygen atoms in total. The average Bonchev–Trinajstić information content (AvgIpc) is 2.27. The number of nitrogens with two attached hydrogens (primary N) is 1. The number of amides is 1. The standard InChI is InChI=1S/C13H15ClN2O3/c14-8-2-3-10(9(6-8)12(15)19)16-13(4-1-5-13)7-11(17)18/h2-3,6,16H,1,4-5,7H2,(H2,15,19)(H,17,18). The molecule has 0 spiro atoms. The van der Waals surface area contributed by atoms with E-state index in [1.54, 1.807) is 12.1 Å². The molecule has 6 heteroatoms. The second-order valence-electron chi connectivity index (χ2n) is 4.88. The molecular formula is C13H15ClN2O3. The molecule has 102 valence electrons. The lowest BCUT2D eigenvalue weighted by Gasteiger charge is -2.42. The number of aliphatic carboxylic acids is 1. The Morgan fingerprint density at radius 1 is 1.42 bits per heavy atom. The van der Waals surface area contributed by atoms with Crippen molar-refractivity contribution in [1.82, 2.24) is 0 Å². The fourth-order valence-corrected chi connectivity index (χ4v) is 2.53. The molecule has 0 aliphatic heterocycles. The molecule has 1 aliphatic carbocycles. The van der Waals surface area contributed by atoms with E-state index in [2.05, 4.69) is 5.32 Å². The predicted molar refractivity (Wildman–Crippen MR) is 72.4 cm³/mol. The third-order valence-corrected chi connectivity index (χ3v) is 3.68. The molecule has 0 unspecified atom stereocenters. The van der Waals surface area contributed by atoms with Crippen LogP contribution in [0.4, 0.5) is 5.69 Å². The Labute approximate surface area is 115 Å². The molecule has 1 aromatic carbocycles. The van der Waals surface area contributed by atoms with Crippen molar-refractivity contribution < 1.29 is 14.7 Å². The molecule has 0 heterocycles. The van der Waals surface area contributed by atoms with Gasteiger partial charge in [0, 0.05) is 16.2 Å². The summed E-state index contributed by atoms with van der Waals surface area (Å²) in [6, 6.07) is 4.78. The van der Waals surface area contributed by atoms with Crippen molar-refractivity contribution in [3.8, 4) is 0 Å². The molecule has 0 aromatic heterocycles. The monoisotopic (exact) mass is 282 g/mol. The van der Waals surface area contributed by atoms with E-state index in [0.717, 1.165) is 19.3 Å². The summed E-state index contributed by atoms with van der Waals surface area (Å²) in [6.45, 7) is 0.